The average Bonchev–Trinajstić information content (AvgIpc) is 2.84. The minimum atomic E-state index is -0.352. The minimum absolute atomic E-state index is 0.313. The molecule has 0 saturated heterocycles. The van der Waals surface area contributed by atoms with Gasteiger partial charge in [-0.25, -0.2) is 5.43 Å². The maximum absolute atomic E-state index is 12.8. The van der Waals surface area contributed by atoms with E-state index in [-0.39, 0.29) is 11.8 Å². The second kappa shape index (κ2) is 10.2. The SMILES string of the molecule is O=C(Nc1ccccc1C(=O)NN=C1CCC(c2ccccc2)CC1)c1ccc(Cl)cc1. The number of carbonyl (C=O) groups is 2. The van der Waals surface area contributed by atoms with Gasteiger partial charge in [0, 0.05) is 16.3 Å². The molecule has 6 heteroatoms. The van der Waals surface area contributed by atoms with Crippen LogP contribution in [0.2, 0.25) is 5.02 Å². The lowest BCUT2D eigenvalue weighted by molar-refractivity contribution is 0.0955. The summed E-state index contributed by atoms with van der Waals surface area (Å²) in [6, 6.07) is 24.0. The fourth-order valence-corrected chi connectivity index (χ4v) is 4.02. The summed E-state index contributed by atoms with van der Waals surface area (Å²) in [7, 11) is 0. The smallest absolute Gasteiger partial charge is 0.273 e. The van der Waals surface area contributed by atoms with E-state index in [1.54, 1.807) is 48.5 Å². The lowest BCUT2D eigenvalue weighted by Gasteiger charge is -2.23. The molecule has 0 heterocycles. The van der Waals surface area contributed by atoms with Gasteiger partial charge in [0.2, 0.25) is 0 Å². The molecule has 0 spiro atoms. The Bertz CT molecular complexity index is 1120. The van der Waals surface area contributed by atoms with Gasteiger partial charge >= 0.3 is 0 Å². The first kappa shape index (κ1) is 21.8. The highest BCUT2D eigenvalue weighted by atomic mass is 35.5. The van der Waals surface area contributed by atoms with E-state index in [9.17, 15) is 9.59 Å². The third-order valence-corrected chi connectivity index (χ3v) is 5.93. The summed E-state index contributed by atoms with van der Waals surface area (Å²) in [6.45, 7) is 0. The lowest BCUT2D eigenvalue weighted by Crippen LogP contribution is -2.23. The van der Waals surface area contributed by atoms with E-state index in [0.29, 0.717) is 27.8 Å². The van der Waals surface area contributed by atoms with Gasteiger partial charge in [-0.15, -0.1) is 0 Å². The number of hydrogen-bond acceptors (Lipinski definition) is 3. The van der Waals surface area contributed by atoms with Crippen LogP contribution in [-0.4, -0.2) is 17.5 Å². The van der Waals surface area contributed by atoms with E-state index in [2.05, 4.69) is 40.1 Å². The van der Waals surface area contributed by atoms with Crippen LogP contribution in [0.25, 0.3) is 0 Å². The predicted octanol–water partition coefficient (Wildman–Crippen LogP) is 6.04. The number of rotatable bonds is 5. The molecular formula is C26H24ClN3O2. The summed E-state index contributed by atoms with van der Waals surface area (Å²) in [4.78, 5) is 25.3. The van der Waals surface area contributed by atoms with Crippen molar-refractivity contribution in [2.45, 2.75) is 31.6 Å². The summed E-state index contributed by atoms with van der Waals surface area (Å²) < 4.78 is 0. The zero-order chi connectivity index (χ0) is 22.3. The van der Waals surface area contributed by atoms with E-state index >= 15 is 0 Å². The van der Waals surface area contributed by atoms with Gasteiger partial charge < -0.3 is 5.32 Å². The largest absolute Gasteiger partial charge is 0.321 e. The van der Waals surface area contributed by atoms with Crippen LogP contribution in [0.1, 0.15) is 57.9 Å². The number of nitrogens with zero attached hydrogens (tertiary/aromatic N) is 1. The first-order valence-electron chi connectivity index (χ1n) is 10.7. The number of halogens is 1. The van der Waals surface area contributed by atoms with Crippen LogP contribution in [0.5, 0.6) is 0 Å². The van der Waals surface area contributed by atoms with Gasteiger partial charge in [-0.1, -0.05) is 54.1 Å². The molecule has 3 aromatic carbocycles. The van der Waals surface area contributed by atoms with Crippen molar-refractivity contribution >= 4 is 34.8 Å². The second-order valence-corrected chi connectivity index (χ2v) is 8.25. The molecule has 162 valence electrons. The monoisotopic (exact) mass is 445 g/mol. The van der Waals surface area contributed by atoms with Crippen LogP contribution in [0.4, 0.5) is 5.69 Å². The standard InChI is InChI=1S/C26H24ClN3O2/c27-21-14-10-20(11-15-21)25(31)28-24-9-5-4-8-23(24)26(32)30-29-22-16-12-19(13-17-22)18-6-2-1-3-7-18/h1-11,14-15,19H,12-13,16-17H2,(H,28,31)(H,30,32). The Balaban J connectivity index is 1.38. The van der Waals surface area contributed by atoms with Crippen molar-refractivity contribution in [2.24, 2.45) is 5.10 Å². The van der Waals surface area contributed by atoms with Crippen molar-refractivity contribution in [3.8, 4) is 0 Å². The number of amides is 2. The second-order valence-electron chi connectivity index (χ2n) is 7.81. The Morgan fingerprint density at radius 2 is 1.47 bits per heavy atom. The fourth-order valence-electron chi connectivity index (χ4n) is 3.90. The van der Waals surface area contributed by atoms with Crippen LogP contribution in [0.3, 0.4) is 0 Å². The summed E-state index contributed by atoms with van der Waals surface area (Å²) in [5, 5.41) is 7.72. The Kier molecular flexibility index (Phi) is 6.97. The fraction of sp³-hybridized carbons (Fsp3) is 0.192. The number of nitrogens with one attached hydrogen (secondary N) is 2. The molecule has 0 radical (unpaired) electrons. The van der Waals surface area contributed by atoms with Crippen LogP contribution < -0.4 is 10.7 Å². The van der Waals surface area contributed by atoms with Gasteiger partial charge in [0.1, 0.15) is 0 Å². The normalized spacial score (nSPS) is 15.7. The summed E-state index contributed by atoms with van der Waals surface area (Å²) >= 11 is 5.88. The van der Waals surface area contributed by atoms with E-state index in [4.69, 9.17) is 11.6 Å². The topological polar surface area (TPSA) is 70.6 Å². The van der Waals surface area contributed by atoms with Crippen molar-refractivity contribution in [2.75, 3.05) is 5.32 Å². The Morgan fingerprint density at radius 3 is 2.19 bits per heavy atom. The molecular weight excluding hydrogens is 422 g/mol. The van der Waals surface area contributed by atoms with E-state index < -0.39 is 0 Å². The zero-order valence-electron chi connectivity index (χ0n) is 17.6. The van der Waals surface area contributed by atoms with Crippen LogP contribution >= 0.6 is 11.6 Å². The quantitative estimate of drug-likeness (QED) is 0.470. The first-order valence-corrected chi connectivity index (χ1v) is 11.0. The number of benzene rings is 3. The molecule has 1 saturated carbocycles. The van der Waals surface area contributed by atoms with Crippen molar-refractivity contribution in [3.63, 3.8) is 0 Å². The third kappa shape index (κ3) is 5.42. The molecule has 0 aromatic heterocycles. The molecule has 1 aliphatic carbocycles. The molecule has 5 nitrogen and oxygen atoms in total. The highest BCUT2D eigenvalue weighted by molar-refractivity contribution is 6.30. The van der Waals surface area contributed by atoms with Crippen molar-refractivity contribution in [1.82, 2.24) is 5.43 Å². The van der Waals surface area contributed by atoms with Gasteiger partial charge in [0.15, 0.2) is 0 Å². The van der Waals surface area contributed by atoms with Crippen LogP contribution in [0.15, 0.2) is 84.0 Å². The molecule has 0 aliphatic heterocycles. The third-order valence-electron chi connectivity index (χ3n) is 5.68. The van der Waals surface area contributed by atoms with Gasteiger partial charge in [0.05, 0.1) is 11.3 Å². The molecule has 0 atom stereocenters. The molecule has 2 N–H and O–H groups in total. The van der Waals surface area contributed by atoms with Crippen molar-refractivity contribution in [3.05, 3.63) is 101 Å². The average molecular weight is 446 g/mol. The van der Waals surface area contributed by atoms with Crippen LogP contribution in [0, 0.1) is 0 Å². The van der Waals surface area contributed by atoms with Gasteiger partial charge in [-0.3, -0.25) is 9.59 Å². The first-order chi connectivity index (χ1) is 15.6. The van der Waals surface area contributed by atoms with Gasteiger partial charge in [0.25, 0.3) is 11.8 Å². The maximum Gasteiger partial charge on any atom is 0.273 e. The maximum atomic E-state index is 12.8. The Morgan fingerprint density at radius 1 is 0.812 bits per heavy atom. The summed E-state index contributed by atoms with van der Waals surface area (Å²) in [5.74, 6) is -0.128. The summed E-state index contributed by atoms with van der Waals surface area (Å²) in [5.41, 5.74) is 6.27. The van der Waals surface area contributed by atoms with Crippen LogP contribution in [-0.2, 0) is 0 Å². The molecule has 2 amide bonds. The molecule has 1 fully saturated rings. The molecule has 0 bridgehead atoms. The number of anilines is 1. The zero-order valence-corrected chi connectivity index (χ0v) is 18.3. The highest BCUT2D eigenvalue weighted by Crippen LogP contribution is 2.31. The van der Waals surface area contributed by atoms with E-state index in [1.165, 1.54) is 5.56 Å². The van der Waals surface area contributed by atoms with E-state index in [0.717, 1.165) is 31.4 Å². The molecule has 3 aromatic rings. The number of hydrogen-bond donors (Lipinski definition) is 2. The molecule has 0 unspecified atom stereocenters. The summed E-state index contributed by atoms with van der Waals surface area (Å²) in [6.07, 6.45) is 3.75. The predicted molar refractivity (Wildman–Crippen MR) is 128 cm³/mol. The molecule has 1 aliphatic rings. The lowest BCUT2D eigenvalue weighted by atomic mass is 9.83. The Hall–Kier alpha value is -3.44. The van der Waals surface area contributed by atoms with Gasteiger partial charge in [-0.2, -0.15) is 5.10 Å². The molecule has 4 rings (SSSR count). The number of para-hydroxylation sites is 1. The highest BCUT2D eigenvalue weighted by Gasteiger charge is 2.20. The molecule has 32 heavy (non-hydrogen) atoms. The number of hydrazone groups is 1. The van der Waals surface area contributed by atoms with Gasteiger partial charge in [-0.05, 0) is 73.6 Å². The van der Waals surface area contributed by atoms with Crippen molar-refractivity contribution < 1.29 is 9.59 Å². The minimum Gasteiger partial charge on any atom is -0.321 e. The van der Waals surface area contributed by atoms with E-state index in [1.807, 2.05) is 6.07 Å². The van der Waals surface area contributed by atoms with Crippen molar-refractivity contribution in [1.29, 1.82) is 0 Å². The number of carbonyl (C=O) groups excluding carboxylic acids is 2. The Labute approximate surface area is 192 Å².